The van der Waals surface area contributed by atoms with E-state index in [1.807, 2.05) is 7.05 Å². The molecule has 2 nitrogen and oxygen atoms in total. The minimum Gasteiger partial charge on any atom is -0.318 e. The van der Waals surface area contributed by atoms with E-state index < -0.39 is 0 Å². The molecule has 0 aromatic heterocycles. The maximum Gasteiger partial charge on any atom is 0.0107 e. The lowest BCUT2D eigenvalue weighted by Gasteiger charge is -2.36. The summed E-state index contributed by atoms with van der Waals surface area (Å²) in [6.45, 7) is 9.67. The minimum absolute atomic E-state index is 0.593. The molecular formula is C10H22N2. The Balaban J connectivity index is 2.18. The Bertz CT molecular complexity index is 122. The monoisotopic (exact) mass is 170 g/mol. The first-order valence-electron chi connectivity index (χ1n) is 5.01. The fraction of sp³-hybridized carbons (Fsp3) is 1.00. The Morgan fingerprint density at radius 1 is 1.25 bits per heavy atom. The van der Waals surface area contributed by atoms with Gasteiger partial charge in [0, 0.05) is 13.1 Å². The van der Waals surface area contributed by atoms with Crippen LogP contribution in [0.25, 0.3) is 0 Å². The smallest absolute Gasteiger partial charge is 0.0107 e. The van der Waals surface area contributed by atoms with Crippen molar-refractivity contribution in [2.24, 2.45) is 5.41 Å². The fourth-order valence-electron chi connectivity index (χ4n) is 1.65. The van der Waals surface area contributed by atoms with E-state index in [9.17, 15) is 0 Å². The Hall–Kier alpha value is -0.0800. The van der Waals surface area contributed by atoms with Crippen molar-refractivity contribution < 1.29 is 0 Å². The molecule has 12 heavy (non-hydrogen) atoms. The number of nitrogens with zero attached hydrogens (tertiary/aromatic N) is 1. The number of hydrogen-bond donors (Lipinski definition) is 1. The molecule has 0 aliphatic carbocycles. The summed E-state index contributed by atoms with van der Waals surface area (Å²) in [5, 5.41) is 3.19. The predicted octanol–water partition coefficient (Wildman–Crippen LogP) is 1.33. The molecule has 0 saturated carbocycles. The third-order valence-electron chi connectivity index (χ3n) is 2.89. The van der Waals surface area contributed by atoms with Crippen molar-refractivity contribution >= 4 is 0 Å². The van der Waals surface area contributed by atoms with Crippen LogP contribution in [0.3, 0.4) is 0 Å². The third kappa shape index (κ3) is 3.11. The minimum atomic E-state index is 0.593. The van der Waals surface area contributed by atoms with Crippen molar-refractivity contribution in [3.63, 3.8) is 0 Å². The maximum atomic E-state index is 3.19. The predicted molar refractivity (Wildman–Crippen MR) is 53.4 cm³/mol. The van der Waals surface area contributed by atoms with Gasteiger partial charge in [-0.3, -0.25) is 0 Å². The van der Waals surface area contributed by atoms with Crippen LogP contribution in [-0.4, -0.2) is 38.1 Å². The second-order valence-electron chi connectivity index (χ2n) is 4.61. The van der Waals surface area contributed by atoms with Gasteiger partial charge in [0.1, 0.15) is 0 Å². The largest absolute Gasteiger partial charge is 0.318 e. The number of rotatable bonds is 3. The second-order valence-corrected chi connectivity index (χ2v) is 4.61. The third-order valence-corrected chi connectivity index (χ3v) is 2.89. The fourth-order valence-corrected chi connectivity index (χ4v) is 1.65. The van der Waals surface area contributed by atoms with E-state index in [0.29, 0.717) is 5.41 Å². The van der Waals surface area contributed by atoms with Crippen molar-refractivity contribution in [3.05, 3.63) is 0 Å². The lowest BCUT2D eigenvalue weighted by molar-refractivity contribution is 0.134. The summed E-state index contributed by atoms with van der Waals surface area (Å²) in [7, 11) is 2.02. The molecule has 1 rings (SSSR count). The van der Waals surface area contributed by atoms with E-state index in [-0.39, 0.29) is 0 Å². The van der Waals surface area contributed by atoms with Crippen LogP contribution in [0.2, 0.25) is 0 Å². The average molecular weight is 170 g/mol. The van der Waals surface area contributed by atoms with Crippen LogP contribution in [0.5, 0.6) is 0 Å². The zero-order chi connectivity index (χ0) is 9.03. The van der Waals surface area contributed by atoms with Gasteiger partial charge in [0.15, 0.2) is 0 Å². The summed E-state index contributed by atoms with van der Waals surface area (Å²) in [6, 6.07) is 0. The number of nitrogens with one attached hydrogen (secondary N) is 1. The van der Waals surface area contributed by atoms with E-state index >= 15 is 0 Å². The van der Waals surface area contributed by atoms with E-state index in [2.05, 4.69) is 24.1 Å². The lowest BCUT2D eigenvalue weighted by atomic mass is 9.83. The molecule has 0 amide bonds. The molecule has 0 radical (unpaired) electrons. The van der Waals surface area contributed by atoms with E-state index in [1.54, 1.807) is 0 Å². The van der Waals surface area contributed by atoms with Crippen molar-refractivity contribution in [1.82, 2.24) is 10.2 Å². The highest BCUT2D eigenvalue weighted by Gasteiger charge is 2.24. The molecule has 0 aromatic rings. The topological polar surface area (TPSA) is 15.3 Å². The standard InChI is InChI=1S/C10H22N2/c1-10(2)4-7-12(8-5-10)9-6-11-3/h11H,4-9H2,1-3H3. The molecule has 1 saturated heterocycles. The number of likely N-dealkylation sites (N-methyl/N-ethyl adjacent to an activating group) is 1. The van der Waals surface area contributed by atoms with Crippen LogP contribution in [-0.2, 0) is 0 Å². The summed E-state index contributed by atoms with van der Waals surface area (Å²) in [5.41, 5.74) is 0.593. The molecule has 2 heteroatoms. The molecule has 0 aromatic carbocycles. The summed E-state index contributed by atoms with van der Waals surface area (Å²) >= 11 is 0. The highest BCUT2D eigenvalue weighted by atomic mass is 15.1. The number of hydrogen-bond acceptors (Lipinski definition) is 2. The quantitative estimate of drug-likeness (QED) is 0.687. The molecular weight excluding hydrogens is 148 g/mol. The first-order chi connectivity index (χ1) is 5.64. The van der Waals surface area contributed by atoms with Gasteiger partial charge in [-0.1, -0.05) is 13.8 Å². The summed E-state index contributed by atoms with van der Waals surface area (Å²) in [6.07, 6.45) is 2.72. The first-order valence-corrected chi connectivity index (χ1v) is 5.01. The molecule has 0 atom stereocenters. The van der Waals surface area contributed by atoms with Gasteiger partial charge in [-0.05, 0) is 38.4 Å². The molecule has 72 valence electrons. The Morgan fingerprint density at radius 3 is 2.33 bits per heavy atom. The molecule has 1 fully saturated rings. The summed E-state index contributed by atoms with van der Waals surface area (Å²) in [5.74, 6) is 0. The van der Waals surface area contributed by atoms with E-state index in [1.165, 1.54) is 32.5 Å². The van der Waals surface area contributed by atoms with Crippen molar-refractivity contribution in [3.8, 4) is 0 Å². The van der Waals surface area contributed by atoms with E-state index in [4.69, 9.17) is 0 Å². The molecule has 0 bridgehead atoms. The average Bonchev–Trinajstić information content (AvgIpc) is 2.03. The summed E-state index contributed by atoms with van der Waals surface area (Å²) < 4.78 is 0. The second kappa shape index (κ2) is 4.24. The Morgan fingerprint density at radius 2 is 1.83 bits per heavy atom. The van der Waals surface area contributed by atoms with Gasteiger partial charge >= 0.3 is 0 Å². The van der Waals surface area contributed by atoms with Crippen molar-refractivity contribution in [2.45, 2.75) is 26.7 Å². The highest BCUT2D eigenvalue weighted by molar-refractivity contribution is 4.78. The van der Waals surface area contributed by atoms with Gasteiger partial charge in [0.25, 0.3) is 0 Å². The molecule has 1 N–H and O–H groups in total. The molecule has 0 unspecified atom stereocenters. The lowest BCUT2D eigenvalue weighted by Crippen LogP contribution is -2.40. The Labute approximate surface area is 76.3 Å². The van der Waals surface area contributed by atoms with Gasteiger partial charge < -0.3 is 10.2 Å². The molecule has 1 heterocycles. The summed E-state index contributed by atoms with van der Waals surface area (Å²) in [4.78, 5) is 2.56. The van der Waals surface area contributed by atoms with Crippen molar-refractivity contribution in [2.75, 3.05) is 33.2 Å². The van der Waals surface area contributed by atoms with Crippen molar-refractivity contribution in [1.29, 1.82) is 0 Å². The SMILES string of the molecule is CNCCN1CCC(C)(C)CC1. The van der Waals surface area contributed by atoms with Crippen LogP contribution < -0.4 is 5.32 Å². The number of piperidine rings is 1. The molecule has 0 spiro atoms. The zero-order valence-electron chi connectivity index (χ0n) is 8.69. The maximum absolute atomic E-state index is 3.19. The van der Waals surface area contributed by atoms with E-state index in [0.717, 1.165) is 6.54 Å². The van der Waals surface area contributed by atoms with Gasteiger partial charge in [-0.25, -0.2) is 0 Å². The van der Waals surface area contributed by atoms with Crippen LogP contribution in [0, 0.1) is 5.41 Å². The number of likely N-dealkylation sites (tertiary alicyclic amines) is 1. The van der Waals surface area contributed by atoms with Crippen LogP contribution in [0.15, 0.2) is 0 Å². The van der Waals surface area contributed by atoms with Crippen LogP contribution in [0.1, 0.15) is 26.7 Å². The van der Waals surface area contributed by atoms with Crippen LogP contribution in [0.4, 0.5) is 0 Å². The first kappa shape index (κ1) is 10.0. The Kier molecular flexibility index (Phi) is 3.53. The van der Waals surface area contributed by atoms with Gasteiger partial charge in [0.05, 0.1) is 0 Å². The van der Waals surface area contributed by atoms with Crippen LogP contribution >= 0.6 is 0 Å². The van der Waals surface area contributed by atoms with Gasteiger partial charge in [-0.15, -0.1) is 0 Å². The van der Waals surface area contributed by atoms with Gasteiger partial charge in [-0.2, -0.15) is 0 Å². The molecule has 1 aliphatic heterocycles. The zero-order valence-corrected chi connectivity index (χ0v) is 8.69. The van der Waals surface area contributed by atoms with Gasteiger partial charge in [0.2, 0.25) is 0 Å². The normalized spacial score (nSPS) is 24.2. The highest BCUT2D eigenvalue weighted by Crippen LogP contribution is 2.29. The molecule has 1 aliphatic rings.